The van der Waals surface area contributed by atoms with Crippen LogP contribution in [0.2, 0.25) is 0 Å². The average Bonchev–Trinajstić information content (AvgIpc) is 2.72. The normalized spacial score (nSPS) is 11.0. The number of nitro benzene ring substituents is 1. The van der Waals surface area contributed by atoms with E-state index in [4.69, 9.17) is 0 Å². The largest absolute Gasteiger partial charge is 0.326 e. The molecule has 0 aliphatic rings. The predicted octanol–water partition coefficient (Wildman–Crippen LogP) is 4.27. The number of nitro groups is 1. The van der Waals surface area contributed by atoms with Gasteiger partial charge in [-0.1, -0.05) is 19.8 Å². The van der Waals surface area contributed by atoms with Crippen LogP contribution < -0.4 is 10.7 Å². The second-order valence-corrected chi connectivity index (χ2v) is 6.52. The van der Waals surface area contributed by atoms with Crippen molar-refractivity contribution in [3.05, 3.63) is 69.8 Å². The van der Waals surface area contributed by atoms with Gasteiger partial charge in [-0.2, -0.15) is 5.10 Å². The molecular formula is C21H24N4O4. The minimum absolute atomic E-state index is 0.0110. The minimum Gasteiger partial charge on any atom is -0.326 e. The Bertz CT molecular complexity index is 890. The lowest BCUT2D eigenvalue weighted by molar-refractivity contribution is -0.384. The molecule has 0 spiro atoms. The molecule has 0 bridgehead atoms. The van der Waals surface area contributed by atoms with Crippen LogP contribution in [-0.4, -0.2) is 22.4 Å². The highest BCUT2D eigenvalue weighted by Crippen LogP contribution is 2.13. The summed E-state index contributed by atoms with van der Waals surface area (Å²) < 4.78 is 0. The number of carbonyl (C=O) groups excluding carboxylic acids is 2. The fraction of sp³-hybridized carbons (Fsp3) is 0.286. The van der Waals surface area contributed by atoms with Gasteiger partial charge in [0.25, 0.3) is 11.6 Å². The Morgan fingerprint density at radius 2 is 1.62 bits per heavy atom. The number of non-ortho nitro benzene ring substituents is 1. The SMILES string of the molecule is CCCCCC(=O)Nc1ccc(C(=O)N/N=C(/C)c2ccc([N+](=O)[O-])cc2)cc1. The first kappa shape index (κ1) is 21.7. The van der Waals surface area contributed by atoms with Gasteiger partial charge in [0, 0.05) is 29.8 Å². The highest BCUT2D eigenvalue weighted by molar-refractivity contribution is 6.01. The Morgan fingerprint density at radius 3 is 2.21 bits per heavy atom. The lowest BCUT2D eigenvalue weighted by atomic mass is 10.1. The molecule has 0 unspecified atom stereocenters. The number of anilines is 1. The summed E-state index contributed by atoms with van der Waals surface area (Å²) in [6.45, 7) is 3.78. The molecule has 0 aliphatic heterocycles. The van der Waals surface area contributed by atoms with E-state index in [1.807, 2.05) is 0 Å². The maximum Gasteiger partial charge on any atom is 0.271 e. The number of hydrogen-bond donors (Lipinski definition) is 2. The Balaban J connectivity index is 1.92. The molecule has 2 aromatic carbocycles. The molecule has 2 N–H and O–H groups in total. The van der Waals surface area contributed by atoms with E-state index < -0.39 is 10.8 Å². The molecule has 2 amide bonds. The Kier molecular flexibility index (Phi) is 8.02. The molecule has 29 heavy (non-hydrogen) atoms. The fourth-order valence-corrected chi connectivity index (χ4v) is 2.55. The molecule has 2 rings (SSSR count). The first-order valence-electron chi connectivity index (χ1n) is 9.40. The van der Waals surface area contributed by atoms with Gasteiger partial charge in [0.05, 0.1) is 10.6 Å². The van der Waals surface area contributed by atoms with Crippen molar-refractivity contribution in [2.45, 2.75) is 39.5 Å². The number of hydrazone groups is 1. The van der Waals surface area contributed by atoms with Crippen LogP contribution in [0.25, 0.3) is 0 Å². The summed E-state index contributed by atoms with van der Waals surface area (Å²) in [6, 6.07) is 12.4. The molecule has 8 nitrogen and oxygen atoms in total. The van der Waals surface area contributed by atoms with E-state index in [0.717, 1.165) is 19.3 Å². The van der Waals surface area contributed by atoms with Crippen LogP contribution in [0.15, 0.2) is 53.6 Å². The molecule has 152 valence electrons. The molecule has 0 saturated carbocycles. The molecule has 0 aliphatic carbocycles. The summed E-state index contributed by atoms with van der Waals surface area (Å²) in [6.07, 6.45) is 3.41. The third-order valence-corrected chi connectivity index (χ3v) is 4.26. The molecule has 0 saturated heterocycles. The monoisotopic (exact) mass is 396 g/mol. The van der Waals surface area contributed by atoms with Crippen molar-refractivity contribution in [3.63, 3.8) is 0 Å². The van der Waals surface area contributed by atoms with Crippen LogP contribution >= 0.6 is 0 Å². The molecule has 0 radical (unpaired) electrons. The second-order valence-electron chi connectivity index (χ2n) is 6.52. The number of nitrogens with one attached hydrogen (secondary N) is 2. The lowest BCUT2D eigenvalue weighted by Gasteiger charge is -2.06. The number of hydrogen-bond acceptors (Lipinski definition) is 5. The molecule has 2 aromatic rings. The molecule has 0 heterocycles. The van der Waals surface area contributed by atoms with E-state index in [2.05, 4.69) is 22.8 Å². The molecular weight excluding hydrogens is 372 g/mol. The van der Waals surface area contributed by atoms with E-state index in [0.29, 0.717) is 28.9 Å². The Labute approximate surface area is 169 Å². The quantitative estimate of drug-likeness (QED) is 0.285. The van der Waals surface area contributed by atoms with Gasteiger partial charge in [0.15, 0.2) is 0 Å². The van der Waals surface area contributed by atoms with Crippen molar-refractivity contribution < 1.29 is 14.5 Å². The maximum atomic E-state index is 12.2. The number of unbranched alkanes of at least 4 members (excludes halogenated alkanes) is 2. The maximum absolute atomic E-state index is 12.2. The summed E-state index contributed by atoms with van der Waals surface area (Å²) in [5.41, 5.74) is 4.66. The van der Waals surface area contributed by atoms with Crippen molar-refractivity contribution in [1.29, 1.82) is 0 Å². The zero-order chi connectivity index (χ0) is 21.2. The van der Waals surface area contributed by atoms with Gasteiger partial charge in [0.1, 0.15) is 0 Å². The number of nitrogens with zero attached hydrogens (tertiary/aromatic N) is 2. The van der Waals surface area contributed by atoms with E-state index in [-0.39, 0.29) is 11.6 Å². The van der Waals surface area contributed by atoms with Crippen molar-refractivity contribution in [3.8, 4) is 0 Å². The Morgan fingerprint density at radius 1 is 1.00 bits per heavy atom. The standard InChI is InChI=1S/C21H24N4O4/c1-3-4-5-6-20(26)22-18-11-7-17(8-12-18)21(27)24-23-15(2)16-9-13-19(14-10-16)25(28)29/h7-14H,3-6H2,1-2H3,(H,22,26)(H,24,27)/b23-15-. The number of rotatable bonds is 9. The van der Waals surface area contributed by atoms with Crippen molar-refractivity contribution in [1.82, 2.24) is 5.43 Å². The third kappa shape index (κ3) is 6.84. The summed E-state index contributed by atoms with van der Waals surface area (Å²) >= 11 is 0. The first-order chi connectivity index (χ1) is 13.9. The van der Waals surface area contributed by atoms with Gasteiger partial charge < -0.3 is 5.32 Å². The smallest absolute Gasteiger partial charge is 0.271 e. The molecule has 8 heteroatoms. The Hall–Kier alpha value is -3.55. The van der Waals surface area contributed by atoms with Crippen LogP contribution in [0.1, 0.15) is 55.5 Å². The third-order valence-electron chi connectivity index (χ3n) is 4.26. The van der Waals surface area contributed by atoms with Gasteiger partial charge in [-0.05, 0) is 55.3 Å². The van der Waals surface area contributed by atoms with Crippen molar-refractivity contribution in [2.24, 2.45) is 5.10 Å². The van der Waals surface area contributed by atoms with Gasteiger partial charge >= 0.3 is 0 Å². The van der Waals surface area contributed by atoms with Gasteiger partial charge in [-0.3, -0.25) is 19.7 Å². The van der Waals surface area contributed by atoms with Crippen LogP contribution in [0.5, 0.6) is 0 Å². The predicted molar refractivity (Wildman–Crippen MR) is 112 cm³/mol. The van der Waals surface area contributed by atoms with Crippen LogP contribution in [0.4, 0.5) is 11.4 Å². The lowest BCUT2D eigenvalue weighted by Crippen LogP contribution is -2.19. The fourth-order valence-electron chi connectivity index (χ4n) is 2.55. The zero-order valence-corrected chi connectivity index (χ0v) is 16.5. The summed E-state index contributed by atoms with van der Waals surface area (Å²) in [7, 11) is 0. The van der Waals surface area contributed by atoms with E-state index in [9.17, 15) is 19.7 Å². The highest BCUT2D eigenvalue weighted by atomic mass is 16.6. The highest BCUT2D eigenvalue weighted by Gasteiger charge is 2.08. The average molecular weight is 396 g/mol. The topological polar surface area (TPSA) is 114 Å². The van der Waals surface area contributed by atoms with Crippen molar-refractivity contribution in [2.75, 3.05) is 5.32 Å². The number of benzene rings is 2. The second kappa shape index (κ2) is 10.7. The zero-order valence-electron chi connectivity index (χ0n) is 16.5. The van der Waals surface area contributed by atoms with Crippen LogP contribution in [0, 0.1) is 10.1 Å². The van der Waals surface area contributed by atoms with Gasteiger partial charge in [-0.15, -0.1) is 0 Å². The molecule has 0 atom stereocenters. The molecule has 0 aromatic heterocycles. The van der Waals surface area contributed by atoms with Crippen molar-refractivity contribution >= 4 is 28.9 Å². The number of carbonyl (C=O) groups is 2. The molecule has 0 fully saturated rings. The number of amides is 2. The summed E-state index contributed by atoms with van der Waals surface area (Å²) in [4.78, 5) is 34.3. The van der Waals surface area contributed by atoms with Gasteiger partial charge in [0.2, 0.25) is 5.91 Å². The van der Waals surface area contributed by atoms with Crippen LogP contribution in [-0.2, 0) is 4.79 Å². The minimum atomic E-state index is -0.477. The van der Waals surface area contributed by atoms with E-state index >= 15 is 0 Å². The van der Waals surface area contributed by atoms with Crippen LogP contribution in [0.3, 0.4) is 0 Å². The van der Waals surface area contributed by atoms with Gasteiger partial charge in [-0.25, -0.2) is 5.43 Å². The van der Waals surface area contributed by atoms with E-state index in [1.165, 1.54) is 12.1 Å². The summed E-state index contributed by atoms with van der Waals surface area (Å²) in [5, 5.41) is 17.5. The van der Waals surface area contributed by atoms with E-state index in [1.54, 1.807) is 43.3 Å². The first-order valence-corrected chi connectivity index (χ1v) is 9.40. The summed E-state index contributed by atoms with van der Waals surface area (Å²) in [5.74, 6) is -0.439.